The highest BCUT2D eigenvalue weighted by Crippen LogP contribution is 2.24. The molecule has 7 nitrogen and oxygen atoms in total. The Balaban J connectivity index is 1.44. The number of hydrogen-bond donors (Lipinski definition) is 2. The summed E-state index contributed by atoms with van der Waals surface area (Å²) in [5, 5.41) is 9.53. The third-order valence-electron chi connectivity index (χ3n) is 4.36. The normalized spacial score (nSPS) is 19.2. The summed E-state index contributed by atoms with van der Waals surface area (Å²) in [5.41, 5.74) is 1.30. The fourth-order valence-electron chi connectivity index (χ4n) is 3.01. The van der Waals surface area contributed by atoms with Crippen molar-refractivity contribution in [1.29, 1.82) is 0 Å². The van der Waals surface area contributed by atoms with Crippen LogP contribution in [-0.4, -0.2) is 40.2 Å². The lowest BCUT2D eigenvalue weighted by atomic mass is 10.1. The number of likely N-dealkylation sites (tertiary alicyclic amines) is 1. The maximum atomic E-state index is 12.0. The first-order valence-corrected chi connectivity index (χ1v) is 8.24. The van der Waals surface area contributed by atoms with Crippen LogP contribution in [0.3, 0.4) is 0 Å². The number of urea groups is 1. The summed E-state index contributed by atoms with van der Waals surface area (Å²) in [7, 11) is 0. The second-order valence-corrected chi connectivity index (χ2v) is 6.12. The summed E-state index contributed by atoms with van der Waals surface area (Å²) < 4.78 is 4.87. The molecule has 1 aliphatic rings. The van der Waals surface area contributed by atoms with Crippen LogP contribution in [0.15, 0.2) is 34.9 Å². The molecule has 2 N–H and O–H groups in total. The molecule has 7 heteroatoms. The summed E-state index contributed by atoms with van der Waals surface area (Å²) in [4.78, 5) is 18.4. The van der Waals surface area contributed by atoms with E-state index in [1.807, 2.05) is 6.07 Å². The molecule has 2 heterocycles. The Morgan fingerprint density at radius 2 is 2.21 bits per heavy atom. The topological polar surface area (TPSA) is 83.3 Å². The molecule has 0 radical (unpaired) electrons. The van der Waals surface area contributed by atoms with Crippen molar-refractivity contribution >= 4 is 6.03 Å². The molecule has 0 aliphatic carbocycles. The molecule has 0 unspecified atom stereocenters. The summed E-state index contributed by atoms with van der Waals surface area (Å²) in [5.74, 6) is 0.974. The third kappa shape index (κ3) is 4.11. The largest absolute Gasteiger partial charge is 0.340 e. The van der Waals surface area contributed by atoms with E-state index in [0.717, 1.165) is 19.5 Å². The monoisotopic (exact) mass is 329 g/mol. The molecule has 0 bridgehead atoms. The number of rotatable bonds is 5. The van der Waals surface area contributed by atoms with Gasteiger partial charge in [-0.25, -0.2) is 4.79 Å². The van der Waals surface area contributed by atoms with Gasteiger partial charge in [-0.3, -0.25) is 4.90 Å². The van der Waals surface area contributed by atoms with Gasteiger partial charge in [0.1, 0.15) is 0 Å². The SMILES string of the molecule is Cc1nc(CNC(=O)N[C@@H]2CCN([C@@H](C)c3ccccc3)C2)no1. The molecule has 3 rings (SSSR count). The smallest absolute Gasteiger partial charge is 0.315 e. The molecule has 2 atom stereocenters. The summed E-state index contributed by atoms with van der Waals surface area (Å²) in [6.45, 7) is 6.02. The van der Waals surface area contributed by atoms with Crippen molar-refractivity contribution in [3.05, 3.63) is 47.6 Å². The molecular weight excluding hydrogens is 306 g/mol. The first kappa shape index (κ1) is 16.4. The quantitative estimate of drug-likeness (QED) is 0.877. The molecule has 1 aromatic heterocycles. The van der Waals surface area contributed by atoms with Gasteiger partial charge in [-0.05, 0) is 18.9 Å². The molecule has 2 aromatic rings. The lowest BCUT2D eigenvalue weighted by Crippen LogP contribution is -2.43. The van der Waals surface area contributed by atoms with Gasteiger partial charge in [0.15, 0.2) is 5.82 Å². The molecule has 24 heavy (non-hydrogen) atoms. The number of aromatic nitrogens is 2. The lowest BCUT2D eigenvalue weighted by molar-refractivity contribution is 0.231. The van der Waals surface area contributed by atoms with E-state index in [0.29, 0.717) is 17.8 Å². The van der Waals surface area contributed by atoms with Crippen molar-refractivity contribution in [3.63, 3.8) is 0 Å². The first-order chi connectivity index (χ1) is 11.6. The first-order valence-electron chi connectivity index (χ1n) is 8.24. The predicted octanol–water partition coefficient (Wildman–Crippen LogP) is 2.01. The van der Waals surface area contributed by atoms with E-state index >= 15 is 0 Å². The van der Waals surface area contributed by atoms with Gasteiger partial charge in [-0.15, -0.1) is 0 Å². The highest BCUT2D eigenvalue weighted by atomic mass is 16.5. The van der Waals surface area contributed by atoms with Crippen molar-refractivity contribution in [2.75, 3.05) is 13.1 Å². The van der Waals surface area contributed by atoms with Gasteiger partial charge in [0.25, 0.3) is 0 Å². The molecule has 0 saturated carbocycles. The van der Waals surface area contributed by atoms with Gasteiger partial charge in [0.05, 0.1) is 6.54 Å². The molecule has 1 saturated heterocycles. The Bertz CT molecular complexity index is 673. The fourth-order valence-corrected chi connectivity index (χ4v) is 3.01. The number of nitrogens with one attached hydrogen (secondary N) is 2. The van der Waals surface area contributed by atoms with Gasteiger partial charge in [0, 0.05) is 32.1 Å². The van der Waals surface area contributed by atoms with Crippen LogP contribution in [0.2, 0.25) is 0 Å². The Hall–Kier alpha value is -2.41. The van der Waals surface area contributed by atoms with Crippen molar-refractivity contribution < 1.29 is 9.32 Å². The van der Waals surface area contributed by atoms with E-state index in [-0.39, 0.29) is 18.6 Å². The number of aryl methyl sites for hydroxylation is 1. The number of carbonyl (C=O) groups excluding carboxylic acids is 1. The molecule has 1 aromatic carbocycles. The number of benzene rings is 1. The minimum absolute atomic E-state index is 0.156. The van der Waals surface area contributed by atoms with Crippen LogP contribution >= 0.6 is 0 Å². The summed E-state index contributed by atoms with van der Waals surface area (Å²) in [6.07, 6.45) is 0.950. The lowest BCUT2D eigenvalue weighted by Gasteiger charge is -2.24. The zero-order valence-corrected chi connectivity index (χ0v) is 14.0. The standard InChI is InChI=1S/C17H23N5O2/c1-12(14-6-4-3-5-7-14)22-9-8-15(11-22)20-17(23)18-10-16-19-13(2)24-21-16/h3-7,12,15H,8-11H2,1-2H3,(H2,18,20,23)/t12-,15+/m0/s1. The minimum Gasteiger partial charge on any atom is -0.340 e. The molecular formula is C17H23N5O2. The van der Waals surface area contributed by atoms with Crippen LogP contribution in [0.1, 0.15) is 36.7 Å². The van der Waals surface area contributed by atoms with Crippen LogP contribution < -0.4 is 10.6 Å². The van der Waals surface area contributed by atoms with Crippen molar-refractivity contribution in [2.45, 2.75) is 38.9 Å². The van der Waals surface area contributed by atoms with Crippen LogP contribution in [-0.2, 0) is 6.54 Å². The molecule has 0 spiro atoms. The predicted molar refractivity (Wildman–Crippen MR) is 89.2 cm³/mol. The van der Waals surface area contributed by atoms with E-state index in [1.54, 1.807) is 6.92 Å². The maximum absolute atomic E-state index is 12.0. The zero-order valence-electron chi connectivity index (χ0n) is 14.0. The van der Waals surface area contributed by atoms with Crippen molar-refractivity contribution in [3.8, 4) is 0 Å². The molecule has 2 amide bonds. The van der Waals surface area contributed by atoms with E-state index in [1.165, 1.54) is 5.56 Å². The van der Waals surface area contributed by atoms with Gasteiger partial charge >= 0.3 is 6.03 Å². The molecule has 128 valence electrons. The Labute approximate surface area is 141 Å². The number of hydrogen-bond acceptors (Lipinski definition) is 5. The Morgan fingerprint density at radius 3 is 2.92 bits per heavy atom. The van der Waals surface area contributed by atoms with Crippen LogP contribution in [0, 0.1) is 6.92 Å². The summed E-state index contributed by atoms with van der Waals surface area (Å²) in [6, 6.07) is 10.7. The van der Waals surface area contributed by atoms with E-state index < -0.39 is 0 Å². The Morgan fingerprint density at radius 1 is 1.42 bits per heavy atom. The van der Waals surface area contributed by atoms with Crippen LogP contribution in [0.25, 0.3) is 0 Å². The summed E-state index contributed by atoms with van der Waals surface area (Å²) >= 11 is 0. The average Bonchev–Trinajstić information content (AvgIpc) is 3.22. The third-order valence-corrected chi connectivity index (χ3v) is 4.36. The van der Waals surface area contributed by atoms with E-state index in [2.05, 4.69) is 56.9 Å². The maximum Gasteiger partial charge on any atom is 0.315 e. The Kier molecular flexibility index (Phi) is 5.10. The highest BCUT2D eigenvalue weighted by molar-refractivity contribution is 5.74. The van der Waals surface area contributed by atoms with E-state index in [4.69, 9.17) is 4.52 Å². The second-order valence-electron chi connectivity index (χ2n) is 6.12. The molecule has 1 fully saturated rings. The second kappa shape index (κ2) is 7.44. The van der Waals surface area contributed by atoms with Gasteiger partial charge in [0.2, 0.25) is 5.89 Å². The molecule has 1 aliphatic heterocycles. The van der Waals surface area contributed by atoms with Gasteiger partial charge < -0.3 is 15.2 Å². The van der Waals surface area contributed by atoms with E-state index in [9.17, 15) is 4.79 Å². The van der Waals surface area contributed by atoms with Crippen molar-refractivity contribution in [1.82, 2.24) is 25.7 Å². The van der Waals surface area contributed by atoms with Crippen LogP contribution in [0.5, 0.6) is 0 Å². The zero-order chi connectivity index (χ0) is 16.9. The highest BCUT2D eigenvalue weighted by Gasteiger charge is 2.27. The fraction of sp³-hybridized carbons (Fsp3) is 0.471. The van der Waals surface area contributed by atoms with Crippen molar-refractivity contribution in [2.24, 2.45) is 0 Å². The average molecular weight is 329 g/mol. The minimum atomic E-state index is -0.198. The van der Waals surface area contributed by atoms with Crippen LogP contribution in [0.4, 0.5) is 4.79 Å². The number of carbonyl (C=O) groups is 1. The van der Waals surface area contributed by atoms with Gasteiger partial charge in [-0.1, -0.05) is 35.5 Å². The number of nitrogens with zero attached hydrogens (tertiary/aromatic N) is 3. The number of amides is 2. The van der Waals surface area contributed by atoms with Gasteiger partial charge in [-0.2, -0.15) is 4.98 Å².